The van der Waals surface area contributed by atoms with E-state index in [2.05, 4.69) is 50.4 Å². The molecular formula is C17H29NOS. The lowest BCUT2D eigenvalue weighted by molar-refractivity contribution is 0.0382. The second-order valence-electron chi connectivity index (χ2n) is 6.21. The Morgan fingerprint density at radius 1 is 1.20 bits per heavy atom. The van der Waals surface area contributed by atoms with Crippen molar-refractivity contribution in [1.82, 2.24) is 5.32 Å². The van der Waals surface area contributed by atoms with Crippen molar-refractivity contribution < 1.29 is 5.11 Å². The highest BCUT2D eigenvalue weighted by Crippen LogP contribution is 2.29. The topological polar surface area (TPSA) is 32.3 Å². The average Bonchev–Trinajstić information content (AvgIpc) is 2.38. The summed E-state index contributed by atoms with van der Waals surface area (Å²) in [5.74, 6) is 2.05. The number of rotatable bonds is 8. The van der Waals surface area contributed by atoms with Crippen LogP contribution in [0, 0.1) is 5.92 Å². The largest absolute Gasteiger partial charge is 0.388 e. The molecule has 2 unspecified atom stereocenters. The van der Waals surface area contributed by atoms with E-state index in [0.29, 0.717) is 6.54 Å². The molecule has 0 heterocycles. The third-order valence-electron chi connectivity index (χ3n) is 3.81. The number of hydrogen-bond acceptors (Lipinski definition) is 3. The highest BCUT2D eigenvalue weighted by Gasteiger charge is 2.28. The van der Waals surface area contributed by atoms with Crippen LogP contribution in [0.15, 0.2) is 29.2 Å². The molecule has 0 bridgehead atoms. The van der Waals surface area contributed by atoms with E-state index >= 15 is 0 Å². The van der Waals surface area contributed by atoms with Gasteiger partial charge < -0.3 is 10.4 Å². The van der Waals surface area contributed by atoms with Gasteiger partial charge in [-0.15, -0.1) is 11.8 Å². The Morgan fingerprint density at radius 3 is 2.30 bits per heavy atom. The van der Waals surface area contributed by atoms with E-state index in [1.807, 2.05) is 25.7 Å². The second kappa shape index (κ2) is 8.06. The Balaban J connectivity index is 2.61. The van der Waals surface area contributed by atoms with Crippen LogP contribution < -0.4 is 5.32 Å². The fourth-order valence-corrected chi connectivity index (χ4v) is 3.29. The molecule has 20 heavy (non-hydrogen) atoms. The standard InChI is InChI=1S/C17H29NOS/c1-13(2)10-11-20-16-8-6-15(7-9-16)14(3)17(4,19)12-18-5/h6-9,13-14,18-19H,10-12H2,1-5H3. The minimum Gasteiger partial charge on any atom is -0.388 e. The number of benzene rings is 1. The quantitative estimate of drug-likeness (QED) is 0.713. The molecule has 0 aliphatic carbocycles. The average molecular weight is 295 g/mol. The lowest BCUT2D eigenvalue weighted by Crippen LogP contribution is -2.40. The zero-order chi connectivity index (χ0) is 15.2. The maximum absolute atomic E-state index is 10.4. The van der Waals surface area contributed by atoms with Crippen LogP contribution in [0.3, 0.4) is 0 Å². The highest BCUT2D eigenvalue weighted by molar-refractivity contribution is 7.99. The lowest BCUT2D eigenvalue weighted by atomic mass is 9.85. The predicted octanol–water partition coefficient (Wildman–Crippen LogP) is 3.90. The molecule has 0 saturated carbocycles. The van der Waals surface area contributed by atoms with Gasteiger partial charge in [-0.05, 0) is 49.8 Å². The summed E-state index contributed by atoms with van der Waals surface area (Å²) in [6.07, 6.45) is 1.25. The monoisotopic (exact) mass is 295 g/mol. The minimum absolute atomic E-state index is 0.115. The summed E-state index contributed by atoms with van der Waals surface area (Å²) in [6, 6.07) is 8.64. The van der Waals surface area contributed by atoms with Gasteiger partial charge in [0.1, 0.15) is 0 Å². The van der Waals surface area contributed by atoms with Crippen LogP contribution in [-0.2, 0) is 0 Å². The molecule has 0 aliphatic heterocycles. The van der Waals surface area contributed by atoms with Crippen LogP contribution in [-0.4, -0.2) is 30.1 Å². The maximum Gasteiger partial charge on any atom is 0.0808 e. The van der Waals surface area contributed by atoms with E-state index in [0.717, 1.165) is 5.92 Å². The summed E-state index contributed by atoms with van der Waals surface area (Å²) in [5.41, 5.74) is 0.472. The maximum atomic E-state index is 10.4. The predicted molar refractivity (Wildman–Crippen MR) is 89.6 cm³/mol. The third kappa shape index (κ3) is 5.47. The van der Waals surface area contributed by atoms with Gasteiger partial charge in [0.15, 0.2) is 0 Å². The van der Waals surface area contributed by atoms with E-state index < -0.39 is 5.60 Å². The van der Waals surface area contributed by atoms with E-state index in [9.17, 15) is 5.11 Å². The van der Waals surface area contributed by atoms with Crippen LogP contribution in [0.4, 0.5) is 0 Å². The van der Waals surface area contributed by atoms with Gasteiger partial charge in [0, 0.05) is 17.4 Å². The van der Waals surface area contributed by atoms with Crippen LogP contribution in [0.1, 0.15) is 45.6 Å². The molecule has 3 heteroatoms. The molecule has 0 saturated heterocycles. The number of hydrogen-bond donors (Lipinski definition) is 2. The zero-order valence-electron chi connectivity index (χ0n) is 13.4. The van der Waals surface area contributed by atoms with Gasteiger partial charge in [-0.1, -0.05) is 32.9 Å². The molecule has 0 amide bonds. The van der Waals surface area contributed by atoms with E-state index in [1.54, 1.807) is 0 Å². The second-order valence-corrected chi connectivity index (χ2v) is 7.38. The molecule has 1 rings (SSSR count). The molecule has 2 nitrogen and oxygen atoms in total. The Bertz CT molecular complexity index is 386. The van der Waals surface area contributed by atoms with E-state index in [-0.39, 0.29) is 5.92 Å². The van der Waals surface area contributed by atoms with E-state index in [4.69, 9.17) is 0 Å². The first-order valence-corrected chi connectivity index (χ1v) is 8.45. The minimum atomic E-state index is -0.721. The molecule has 2 N–H and O–H groups in total. The summed E-state index contributed by atoms with van der Waals surface area (Å²) >= 11 is 1.91. The number of likely N-dealkylation sites (N-methyl/N-ethyl adjacent to an activating group) is 1. The highest BCUT2D eigenvalue weighted by atomic mass is 32.2. The number of thioether (sulfide) groups is 1. The molecule has 0 aromatic heterocycles. The Labute approximate surface area is 128 Å². The van der Waals surface area contributed by atoms with Gasteiger partial charge >= 0.3 is 0 Å². The fraction of sp³-hybridized carbons (Fsp3) is 0.647. The van der Waals surface area contributed by atoms with Crippen LogP contribution in [0.5, 0.6) is 0 Å². The summed E-state index contributed by atoms with van der Waals surface area (Å²) in [5, 5.41) is 13.5. The summed E-state index contributed by atoms with van der Waals surface area (Å²) in [7, 11) is 1.87. The molecule has 0 spiro atoms. The molecule has 0 aliphatic rings. The van der Waals surface area contributed by atoms with E-state index in [1.165, 1.54) is 22.6 Å². The summed E-state index contributed by atoms with van der Waals surface area (Å²) in [4.78, 5) is 1.31. The molecule has 114 valence electrons. The molecule has 1 aromatic carbocycles. The third-order valence-corrected chi connectivity index (χ3v) is 4.86. The van der Waals surface area contributed by atoms with Gasteiger partial charge in [-0.25, -0.2) is 0 Å². The van der Waals surface area contributed by atoms with Crippen molar-refractivity contribution in [3.05, 3.63) is 29.8 Å². The van der Waals surface area contributed by atoms with Crippen molar-refractivity contribution in [1.29, 1.82) is 0 Å². The van der Waals surface area contributed by atoms with Crippen molar-refractivity contribution in [2.75, 3.05) is 19.3 Å². The Morgan fingerprint density at radius 2 is 1.80 bits per heavy atom. The Kier molecular flexibility index (Phi) is 7.07. The van der Waals surface area contributed by atoms with Crippen molar-refractivity contribution in [2.45, 2.75) is 50.5 Å². The molecular weight excluding hydrogens is 266 g/mol. The van der Waals surface area contributed by atoms with Crippen molar-refractivity contribution in [3.8, 4) is 0 Å². The van der Waals surface area contributed by atoms with Gasteiger partial charge in [0.2, 0.25) is 0 Å². The number of aliphatic hydroxyl groups is 1. The van der Waals surface area contributed by atoms with Crippen molar-refractivity contribution in [3.63, 3.8) is 0 Å². The van der Waals surface area contributed by atoms with Gasteiger partial charge in [0.05, 0.1) is 5.60 Å². The SMILES string of the molecule is CNCC(C)(O)C(C)c1ccc(SCCC(C)C)cc1. The Hall–Kier alpha value is -0.510. The van der Waals surface area contributed by atoms with Crippen LogP contribution in [0.25, 0.3) is 0 Å². The van der Waals surface area contributed by atoms with Crippen LogP contribution >= 0.6 is 11.8 Å². The number of nitrogens with one attached hydrogen (secondary N) is 1. The summed E-state index contributed by atoms with van der Waals surface area (Å²) in [6.45, 7) is 9.08. The molecule has 2 atom stereocenters. The molecule has 0 fully saturated rings. The van der Waals surface area contributed by atoms with Crippen molar-refractivity contribution in [2.24, 2.45) is 5.92 Å². The lowest BCUT2D eigenvalue weighted by Gasteiger charge is -2.30. The van der Waals surface area contributed by atoms with Gasteiger partial charge in [0.25, 0.3) is 0 Å². The normalized spacial score (nSPS) is 16.1. The first-order valence-electron chi connectivity index (χ1n) is 7.46. The van der Waals surface area contributed by atoms with Crippen LogP contribution in [0.2, 0.25) is 0 Å². The smallest absolute Gasteiger partial charge is 0.0808 e. The van der Waals surface area contributed by atoms with Crippen molar-refractivity contribution >= 4 is 11.8 Å². The fourth-order valence-electron chi connectivity index (χ4n) is 2.14. The zero-order valence-corrected chi connectivity index (χ0v) is 14.3. The van der Waals surface area contributed by atoms with Gasteiger partial charge in [-0.3, -0.25) is 0 Å². The molecule has 0 radical (unpaired) electrons. The first-order chi connectivity index (χ1) is 9.36. The first kappa shape index (κ1) is 17.5. The summed E-state index contributed by atoms with van der Waals surface area (Å²) < 4.78 is 0. The molecule has 1 aromatic rings. The van der Waals surface area contributed by atoms with Gasteiger partial charge in [-0.2, -0.15) is 0 Å².